The van der Waals surface area contributed by atoms with E-state index in [4.69, 9.17) is 4.74 Å². The van der Waals surface area contributed by atoms with Gasteiger partial charge in [0.1, 0.15) is 12.4 Å². The lowest BCUT2D eigenvalue weighted by atomic mass is 9.56. The van der Waals surface area contributed by atoms with Gasteiger partial charge in [-0.15, -0.1) is 0 Å². The van der Waals surface area contributed by atoms with Gasteiger partial charge in [-0.25, -0.2) is 0 Å². The Labute approximate surface area is 281 Å². The predicted molar refractivity (Wildman–Crippen MR) is 197 cm³/mol. The van der Waals surface area contributed by atoms with Crippen molar-refractivity contribution < 1.29 is 4.74 Å². The maximum atomic E-state index is 6.50. The van der Waals surface area contributed by atoms with E-state index in [2.05, 4.69) is 204 Å². The van der Waals surface area contributed by atoms with Gasteiger partial charge < -0.3 is 4.74 Å². The fourth-order valence-electron chi connectivity index (χ4n) is 7.95. The molecule has 47 heavy (non-hydrogen) atoms. The molecule has 6 rings (SSSR count). The molecule has 0 radical (unpaired) electrons. The first kappa shape index (κ1) is 32.1. The van der Waals surface area contributed by atoms with Crippen LogP contribution in [-0.4, -0.2) is 0 Å². The van der Waals surface area contributed by atoms with E-state index in [1.54, 1.807) is 0 Å². The van der Waals surface area contributed by atoms with Gasteiger partial charge in [0.05, 0.1) is 0 Å². The van der Waals surface area contributed by atoms with E-state index in [1.807, 2.05) is 0 Å². The lowest BCUT2D eigenvalue weighted by Crippen LogP contribution is -2.42. The minimum atomic E-state index is -0.336. The van der Waals surface area contributed by atoms with E-state index in [0.29, 0.717) is 12.5 Å². The Hall–Kier alpha value is -4.88. The Morgan fingerprint density at radius 2 is 0.851 bits per heavy atom. The molecule has 1 nitrogen and oxygen atoms in total. The Morgan fingerprint density at radius 1 is 0.447 bits per heavy atom. The zero-order chi connectivity index (χ0) is 32.9. The molecule has 0 atom stereocenters. The van der Waals surface area contributed by atoms with Crippen LogP contribution in [0, 0.1) is 11.3 Å². The molecule has 0 heterocycles. The molecule has 236 valence electrons. The Balaban J connectivity index is 1.34. The summed E-state index contributed by atoms with van der Waals surface area (Å²) in [5, 5.41) is 0. The Morgan fingerprint density at radius 3 is 1.28 bits per heavy atom. The summed E-state index contributed by atoms with van der Waals surface area (Å²) in [5.41, 5.74) is 8.14. The maximum Gasteiger partial charge on any atom is 0.119 e. The average molecular weight is 615 g/mol. The Bertz CT molecular complexity index is 1770. The molecule has 6 aromatic carbocycles. The third-order valence-corrected chi connectivity index (χ3v) is 9.94. The zero-order valence-electron chi connectivity index (χ0n) is 28.4. The van der Waals surface area contributed by atoms with Crippen LogP contribution in [0.1, 0.15) is 73.6 Å². The highest BCUT2D eigenvalue weighted by Crippen LogP contribution is 2.52. The molecular weight excluding hydrogens is 569 g/mol. The minimum absolute atomic E-state index is 0.0983. The van der Waals surface area contributed by atoms with Gasteiger partial charge >= 0.3 is 0 Å². The van der Waals surface area contributed by atoms with E-state index in [-0.39, 0.29) is 16.2 Å². The quantitative estimate of drug-likeness (QED) is 0.140. The second-order valence-corrected chi connectivity index (χ2v) is 13.9. The largest absolute Gasteiger partial charge is 0.489 e. The molecule has 0 unspecified atom stereocenters. The van der Waals surface area contributed by atoms with Crippen LogP contribution in [0.25, 0.3) is 0 Å². The van der Waals surface area contributed by atoms with Crippen molar-refractivity contribution in [3.8, 4) is 5.75 Å². The van der Waals surface area contributed by atoms with Crippen molar-refractivity contribution in [3.63, 3.8) is 0 Å². The summed E-state index contributed by atoms with van der Waals surface area (Å²) in [7, 11) is 0. The SMILES string of the molecule is CC(C)C(c1ccccc1)(c1ccccc1)c1cccc(COc2ccc(C(c3ccccc3)(c3ccccc3)C(C)(C)C)cc2)c1. The van der Waals surface area contributed by atoms with E-state index in [9.17, 15) is 0 Å². The fraction of sp³-hybridized carbons (Fsp3) is 0.217. The van der Waals surface area contributed by atoms with Crippen molar-refractivity contribution in [2.45, 2.75) is 52.1 Å². The summed E-state index contributed by atoms with van der Waals surface area (Å²) >= 11 is 0. The molecule has 0 amide bonds. The number of ether oxygens (including phenoxy) is 1. The van der Waals surface area contributed by atoms with Gasteiger partial charge in [-0.3, -0.25) is 0 Å². The third-order valence-electron chi connectivity index (χ3n) is 9.94. The van der Waals surface area contributed by atoms with Crippen LogP contribution in [0.15, 0.2) is 170 Å². The molecule has 1 heteroatoms. The molecular formula is C46H46O. The lowest BCUT2D eigenvalue weighted by molar-refractivity contribution is 0.271. The van der Waals surface area contributed by atoms with Crippen molar-refractivity contribution in [2.75, 3.05) is 0 Å². The highest BCUT2D eigenvalue weighted by Gasteiger charge is 2.46. The highest BCUT2D eigenvalue weighted by molar-refractivity contribution is 5.54. The maximum absolute atomic E-state index is 6.50. The number of rotatable bonds is 10. The lowest BCUT2D eigenvalue weighted by Gasteiger charge is -2.47. The summed E-state index contributed by atoms with van der Waals surface area (Å²) in [6.07, 6.45) is 0. The predicted octanol–water partition coefficient (Wildman–Crippen LogP) is 11.6. The molecule has 0 aliphatic rings. The standard InChI is InChI=1S/C46H46O/c1-35(2)45(37-20-10-6-11-21-37,38-22-12-7-13-23-38)42-28-18-19-36(33-42)34-47-43-31-29-41(30-32-43)46(44(3,4)5,39-24-14-8-15-25-39)40-26-16-9-17-27-40/h6-33,35H,34H2,1-5H3. The molecule has 0 saturated heterocycles. The number of hydrogen-bond acceptors (Lipinski definition) is 1. The first-order valence-electron chi connectivity index (χ1n) is 16.8. The summed E-state index contributed by atoms with van der Waals surface area (Å²) < 4.78 is 6.50. The van der Waals surface area contributed by atoms with Crippen molar-refractivity contribution in [1.82, 2.24) is 0 Å². The summed E-state index contributed by atoms with van der Waals surface area (Å²) in [6.45, 7) is 12.2. The van der Waals surface area contributed by atoms with Gasteiger partial charge in [0, 0.05) is 10.8 Å². The first-order chi connectivity index (χ1) is 22.8. The van der Waals surface area contributed by atoms with Crippen LogP contribution in [-0.2, 0) is 17.4 Å². The number of benzene rings is 6. The average Bonchev–Trinajstić information content (AvgIpc) is 3.10. The summed E-state index contributed by atoms with van der Waals surface area (Å²) in [6, 6.07) is 61.4. The van der Waals surface area contributed by atoms with E-state index in [0.717, 1.165) is 11.3 Å². The topological polar surface area (TPSA) is 9.23 Å². The van der Waals surface area contributed by atoms with Crippen molar-refractivity contribution in [3.05, 3.63) is 209 Å². The highest BCUT2D eigenvalue weighted by atomic mass is 16.5. The van der Waals surface area contributed by atoms with Gasteiger partial charge in [0.25, 0.3) is 0 Å². The van der Waals surface area contributed by atoms with E-state index < -0.39 is 0 Å². The van der Waals surface area contributed by atoms with Crippen molar-refractivity contribution >= 4 is 0 Å². The van der Waals surface area contributed by atoms with Crippen molar-refractivity contribution in [2.24, 2.45) is 11.3 Å². The third kappa shape index (κ3) is 5.92. The summed E-state index contributed by atoms with van der Waals surface area (Å²) in [5.74, 6) is 1.19. The van der Waals surface area contributed by atoms with Crippen LogP contribution >= 0.6 is 0 Å². The molecule has 0 fully saturated rings. The smallest absolute Gasteiger partial charge is 0.119 e. The van der Waals surface area contributed by atoms with Gasteiger partial charge in [0.2, 0.25) is 0 Å². The zero-order valence-corrected chi connectivity index (χ0v) is 28.4. The Kier molecular flexibility index (Phi) is 9.19. The first-order valence-corrected chi connectivity index (χ1v) is 16.8. The molecule has 0 saturated carbocycles. The molecule has 0 spiro atoms. The molecule has 0 aliphatic heterocycles. The van der Waals surface area contributed by atoms with E-state index in [1.165, 1.54) is 33.4 Å². The minimum Gasteiger partial charge on any atom is -0.489 e. The van der Waals surface area contributed by atoms with Gasteiger partial charge in [-0.05, 0) is 62.4 Å². The fourth-order valence-corrected chi connectivity index (χ4v) is 7.95. The van der Waals surface area contributed by atoms with E-state index >= 15 is 0 Å². The van der Waals surface area contributed by atoms with Gasteiger partial charge in [-0.1, -0.05) is 192 Å². The second kappa shape index (κ2) is 13.5. The van der Waals surface area contributed by atoms with Crippen LogP contribution in [0.3, 0.4) is 0 Å². The second-order valence-electron chi connectivity index (χ2n) is 13.9. The van der Waals surface area contributed by atoms with Gasteiger partial charge in [0.15, 0.2) is 0 Å². The molecule has 0 aliphatic carbocycles. The van der Waals surface area contributed by atoms with Crippen molar-refractivity contribution in [1.29, 1.82) is 0 Å². The molecule has 6 aromatic rings. The van der Waals surface area contributed by atoms with Crippen LogP contribution in [0.4, 0.5) is 0 Å². The van der Waals surface area contributed by atoms with Crippen LogP contribution in [0.2, 0.25) is 0 Å². The monoisotopic (exact) mass is 614 g/mol. The molecule has 0 N–H and O–H groups in total. The van der Waals surface area contributed by atoms with Gasteiger partial charge in [-0.2, -0.15) is 0 Å². The van der Waals surface area contributed by atoms with Crippen LogP contribution < -0.4 is 4.74 Å². The summed E-state index contributed by atoms with van der Waals surface area (Å²) in [4.78, 5) is 0. The normalized spacial score (nSPS) is 12.2. The van der Waals surface area contributed by atoms with Crippen LogP contribution in [0.5, 0.6) is 5.75 Å². The molecule has 0 bridgehead atoms. The number of hydrogen-bond donors (Lipinski definition) is 0. The molecule has 0 aromatic heterocycles.